The third-order valence-corrected chi connectivity index (χ3v) is 2.62. The zero-order valence-electron chi connectivity index (χ0n) is 10.5. The molecule has 0 fully saturated rings. The first kappa shape index (κ1) is 13.0. The molecule has 0 amide bonds. The monoisotopic (exact) mass is 223 g/mol. The van der Waals surface area contributed by atoms with Crippen molar-refractivity contribution in [1.29, 1.82) is 0 Å². The van der Waals surface area contributed by atoms with E-state index in [1.807, 2.05) is 20.8 Å². The number of ether oxygens (including phenoxy) is 2. The van der Waals surface area contributed by atoms with Crippen LogP contribution in [0.4, 0.5) is 0 Å². The number of aryl methyl sites for hydroxylation is 2. The summed E-state index contributed by atoms with van der Waals surface area (Å²) in [6.45, 7) is 7.20. The average molecular weight is 223 g/mol. The third-order valence-electron chi connectivity index (χ3n) is 2.62. The van der Waals surface area contributed by atoms with Gasteiger partial charge < -0.3 is 15.2 Å². The zero-order chi connectivity index (χ0) is 12.1. The van der Waals surface area contributed by atoms with Crippen molar-refractivity contribution in [2.45, 2.75) is 33.4 Å². The van der Waals surface area contributed by atoms with Gasteiger partial charge in [-0.25, -0.2) is 0 Å². The maximum absolute atomic E-state index is 5.75. The van der Waals surface area contributed by atoms with Crippen LogP contribution in [0, 0.1) is 13.8 Å². The molecule has 0 spiro atoms. The molecule has 1 atom stereocenters. The number of nitrogens with two attached hydrogens (primary N) is 1. The van der Waals surface area contributed by atoms with Gasteiger partial charge in [-0.3, -0.25) is 0 Å². The molecule has 0 saturated carbocycles. The lowest BCUT2D eigenvalue weighted by Gasteiger charge is -2.16. The molecule has 2 N–H and O–H groups in total. The Hall–Kier alpha value is -1.06. The molecule has 1 aromatic rings. The van der Waals surface area contributed by atoms with E-state index in [0.717, 1.165) is 22.4 Å². The van der Waals surface area contributed by atoms with Crippen molar-refractivity contribution in [1.82, 2.24) is 0 Å². The fraction of sp³-hybridized carbons (Fsp3) is 0.538. The van der Waals surface area contributed by atoms with Crippen LogP contribution in [0.25, 0.3) is 0 Å². The molecular formula is C13H21NO2. The van der Waals surface area contributed by atoms with E-state index in [0.29, 0.717) is 13.2 Å². The second-order valence-electron chi connectivity index (χ2n) is 4.12. The van der Waals surface area contributed by atoms with Gasteiger partial charge in [-0.05, 0) is 37.5 Å². The molecular weight excluding hydrogens is 202 g/mol. The summed E-state index contributed by atoms with van der Waals surface area (Å²) in [5.41, 5.74) is 9.02. The third kappa shape index (κ3) is 3.22. The van der Waals surface area contributed by atoms with Gasteiger partial charge in [0.25, 0.3) is 0 Å². The van der Waals surface area contributed by atoms with E-state index in [9.17, 15) is 0 Å². The lowest BCUT2D eigenvalue weighted by Crippen LogP contribution is -2.17. The van der Waals surface area contributed by atoms with E-state index in [-0.39, 0.29) is 6.10 Å². The Morgan fingerprint density at radius 2 is 1.81 bits per heavy atom. The number of methoxy groups -OCH3 is 1. The first-order valence-electron chi connectivity index (χ1n) is 5.54. The van der Waals surface area contributed by atoms with E-state index in [1.165, 1.54) is 0 Å². The van der Waals surface area contributed by atoms with Gasteiger partial charge in [-0.2, -0.15) is 0 Å². The maximum atomic E-state index is 5.75. The quantitative estimate of drug-likeness (QED) is 0.832. The molecule has 1 aromatic carbocycles. The maximum Gasteiger partial charge on any atom is 0.125 e. The summed E-state index contributed by atoms with van der Waals surface area (Å²) >= 11 is 0. The minimum atomic E-state index is 0.105. The molecule has 3 heteroatoms. The molecule has 90 valence electrons. The largest absolute Gasteiger partial charge is 0.490 e. The summed E-state index contributed by atoms with van der Waals surface area (Å²) in [5.74, 6) is 0.945. The molecule has 0 radical (unpaired) electrons. The van der Waals surface area contributed by atoms with Gasteiger partial charge in [0.15, 0.2) is 0 Å². The van der Waals surface area contributed by atoms with Gasteiger partial charge in [0.05, 0.1) is 6.10 Å². The van der Waals surface area contributed by atoms with Crippen LogP contribution in [0.2, 0.25) is 0 Å². The van der Waals surface area contributed by atoms with Crippen LogP contribution in [-0.4, -0.2) is 19.8 Å². The molecule has 0 heterocycles. The van der Waals surface area contributed by atoms with Crippen molar-refractivity contribution >= 4 is 0 Å². The van der Waals surface area contributed by atoms with Crippen molar-refractivity contribution in [3.63, 3.8) is 0 Å². The number of hydrogen-bond acceptors (Lipinski definition) is 3. The van der Waals surface area contributed by atoms with E-state index >= 15 is 0 Å². The molecule has 16 heavy (non-hydrogen) atoms. The summed E-state index contributed by atoms with van der Waals surface area (Å²) in [6.07, 6.45) is 0.105. The Kier molecular flexibility index (Phi) is 4.77. The van der Waals surface area contributed by atoms with Crippen molar-refractivity contribution in [3.8, 4) is 5.75 Å². The SMILES string of the molecule is COC(C)COc1c(C)cc(CN)cc1C. The number of rotatable bonds is 5. The molecule has 3 nitrogen and oxygen atoms in total. The van der Waals surface area contributed by atoms with Crippen molar-refractivity contribution in [3.05, 3.63) is 28.8 Å². The van der Waals surface area contributed by atoms with Crippen LogP contribution in [0.3, 0.4) is 0 Å². The Morgan fingerprint density at radius 1 is 1.25 bits per heavy atom. The zero-order valence-corrected chi connectivity index (χ0v) is 10.5. The topological polar surface area (TPSA) is 44.5 Å². The molecule has 0 aliphatic rings. The van der Waals surface area contributed by atoms with E-state index < -0.39 is 0 Å². The summed E-state index contributed by atoms with van der Waals surface area (Å²) in [5, 5.41) is 0. The van der Waals surface area contributed by atoms with E-state index in [2.05, 4.69) is 12.1 Å². The van der Waals surface area contributed by atoms with Crippen LogP contribution in [0.15, 0.2) is 12.1 Å². The molecule has 0 aliphatic heterocycles. The Labute approximate surface area is 97.6 Å². The van der Waals surface area contributed by atoms with E-state index in [4.69, 9.17) is 15.2 Å². The van der Waals surface area contributed by atoms with Crippen molar-refractivity contribution in [2.24, 2.45) is 5.73 Å². The summed E-state index contributed by atoms with van der Waals surface area (Å²) in [7, 11) is 1.69. The Bertz CT molecular complexity index is 327. The highest BCUT2D eigenvalue weighted by Crippen LogP contribution is 2.24. The minimum Gasteiger partial charge on any atom is -0.490 e. The second kappa shape index (κ2) is 5.87. The standard InChI is InChI=1S/C13H21NO2/c1-9-5-12(7-14)6-10(2)13(9)16-8-11(3)15-4/h5-6,11H,7-8,14H2,1-4H3. The van der Waals surface area contributed by atoms with Crippen molar-refractivity contribution < 1.29 is 9.47 Å². The van der Waals surface area contributed by atoms with Crippen LogP contribution in [0.5, 0.6) is 5.75 Å². The molecule has 0 bridgehead atoms. The number of benzene rings is 1. The van der Waals surface area contributed by atoms with Gasteiger partial charge in [-0.15, -0.1) is 0 Å². The number of hydrogen-bond donors (Lipinski definition) is 1. The highest BCUT2D eigenvalue weighted by Gasteiger charge is 2.08. The smallest absolute Gasteiger partial charge is 0.125 e. The lowest BCUT2D eigenvalue weighted by atomic mass is 10.1. The molecule has 0 aliphatic carbocycles. The highest BCUT2D eigenvalue weighted by molar-refractivity contribution is 5.43. The van der Waals surface area contributed by atoms with Crippen LogP contribution >= 0.6 is 0 Å². The van der Waals surface area contributed by atoms with Crippen LogP contribution in [-0.2, 0) is 11.3 Å². The predicted molar refractivity (Wildman–Crippen MR) is 65.8 cm³/mol. The highest BCUT2D eigenvalue weighted by atomic mass is 16.5. The Balaban J connectivity index is 2.80. The molecule has 1 unspecified atom stereocenters. The lowest BCUT2D eigenvalue weighted by molar-refractivity contribution is 0.0711. The van der Waals surface area contributed by atoms with Crippen LogP contribution < -0.4 is 10.5 Å². The summed E-state index contributed by atoms with van der Waals surface area (Å²) in [6, 6.07) is 4.14. The first-order valence-corrected chi connectivity index (χ1v) is 5.54. The summed E-state index contributed by atoms with van der Waals surface area (Å²) < 4.78 is 10.9. The van der Waals surface area contributed by atoms with Gasteiger partial charge in [0, 0.05) is 13.7 Å². The fourth-order valence-electron chi connectivity index (χ4n) is 1.65. The molecule has 0 aromatic heterocycles. The average Bonchev–Trinajstić information content (AvgIpc) is 2.27. The minimum absolute atomic E-state index is 0.105. The summed E-state index contributed by atoms with van der Waals surface area (Å²) in [4.78, 5) is 0. The molecule has 0 saturated heterocycles. The normalized spacial score (nSPS) is 12.6. The van der Waals surface area contributed by atoms with Gasteiger partial charge in [0.2, 0.25) is 0 Å². The van der Waals surface area contributed by atoms with Gasteiger partial charge in [-0.1, -0.05) is 12.1 Å². The Morgan fingerprint density at radius 3 is 2.25 bits per heavy atom. The molecule has 1 rings (SSSR count). The van der Waals surface area contributed by atoms with E-state index in [1.54, 1.807) is 7.11 Å². The first-order chi connectivity index (χ1) is 7.58. The van der Waals surface area contributed by atoms with Gasteiger partial charge in [0.1, 0.15) is 12.4 Å². The predicted octanol–water partition coefficient (Wildman–Crippen LogP) is 2.18. The van der Waals surface area contributed by atoms with Gasteiger partial charge >= 0.3 is 0 Å². The second-order valence-corrected chi connectivity index (χ2v) is 4.12. The van der Waals surface area contributed by atoms with Crippen LogP contribution in [0.1, 0.15) is 23.6 Å². The van der Waals surface area contributed by atoms with Crippen molar-refractivity contribution in [2.75, 3.05) is 13.7 Å². The fourth-order valence-corrected chi connectivity index (χ4v) is 1.65.